The fourth-order valence-corrected chi connectivity index (χ4v) is 17.0. The van der Waals surface area contributed by atoms with Crippen molar-refractivity contribution in [3.63, 3.8) is 0 Å². The molecule has 1 aliphatic heterocycles. The van der Waals surface area contributed by atoms with E-state index in [2.05, 4.69) is 53.9 Å². The van der Waals surface area contributed by atoms with Crippen LogP contribution >= 0.6 is 0 Å². The van der Waals surface area contributed by atoms with Crippen molar-refractivity contribution in [3.8, 4) is 11.8 Å². The summed E-state index contributed by atoms with van der Waals surface area (Å²) in [5.41, 5.74) is 9.81. The Labute approximate surface area is 383 Å². The van der Waals surface area contributed by atoms with E-state index in [9.17, 15) is 35.1 Å². The molecule has 0 amide bonds. The predicted octanol–water partition coefficient (Wildman–Crippen LogP) is 4.92. The minimum absolute atomic E-state index is 0.0128. The highest BCUT2D eigenvalue weighted by Crippen LogP contribution is 2.72. The first-order chi connectivity index (χ1) is 30.9. The zero-order chi connectivity index (χ0) is 46.0. The molecule has 10 rings (SSSR count). The number of allylic oxidation sites excluding steroid dienone is 5. The van der Waals surface area contributed by atoms with Gasteiger partial charge < -0.3 is 46.7 Å². The third kappa shape index (κ3) is 6.90. The van der Waals surface area contributed by atoms with E-state index in [0.717, 1.165) is 18.4 Å². The summed E-state index contributed by atoms with van der Waals surface area (Å²) in [4.78, 5) is 35.7. The van der Waals surface area contributed by atoms with E-state index in [1.165, 1.54) is 12.0 Å². The number of aliphatic hydroxyl groups excluding tert-OH is 3. The molecule has 12 heteroatoms. The lowest BCUT2D eigenvalue weighted by Gasteiger charge is -2.61. The molecule has 8 aliphatic carbocycles. The molecule has 0 aromatic carbocycles. The zero-order valence-electron chi connectivity index (χ0n) is 38.6. The van der Waals surface area contributed by atoms with Gasteiger partial charge in [0.15, 0.2) is 11.7 Å². The van der Waals surface area contributed by atoms with Crippen LogP contribution in [0.25, 0.3) is 0 Å². The summed E-state index contributed by atoms with van der Waals surface area (Å²) in [5.74, 6) is 5.72. The summed E-state index contributed by atoms with van der Waals surface area (Å²) in [6.07, 6.45) is 15.4. The molecule has 21 atom stereocenters. The summed E-state index contributed by atoms with van der Waals surface area (Å²) in [5, 5.41) is 61.9. The Morgan fingerprint density at radius 1 is 1.00 bits per heavy atom. The Kier molecular flexibility index (Phi) is 11.2. The number of H-pyrrole nitrogens is 1. The van der Waals surface area contributed by atoms with Crippen molar-refractivity contribution in [2.45, 2.75) is 134 Å². The first kappa shape index (κ1) is 45.1. The van der Waals surface area contributed by atoms with Crippen molar-refractivity contribution >= 4 is 17.7 Å². The number of fused-ring (bicyclic) bond motifs is 8. The van der Waals surface area contributed by atoms with E-state index in [1.807, 2.05) is 25.4 Å². The van der Waals surface area contributed by atoms with E-state index in [1.54, 1.807) is 13.0 Å². The Bertz CT molecular complexity index is 2240. The number of aliphatic hydroxyl groups is 5. The lowest BCUT2D eigenvalue weighted by atomic mass is 9.44. The van der Waals surface area contributed by atoms with Crippen LogP contribution in [0.4, 0.5) is 0 Å². The van der Waals surface area contributed by atoms with Crippen molar-refractivity contribution in [1.29, 1.82) is 0 Å². The smallest absolute Gasteiger partial charge is 0.313 e. The van der Waals surface area contributed by atoms with Crippen molar-refractivity contribution in [2.75, 3.05) is 13.2 Å². The van der Waals surface area contributed by atoms with Crippen molar-refractivity contribution in [3.05, 3.63) is 59.5 Å². The van der Waals surface area contributed by atoms with E-state index in [-0.39, 0.29) is 97.5 Å². The average Bonchev–Trinajstić information content (AvgIpc) is 3.97. The van der Waals surface area contributed by atoms with E-state index in [0.29, 0.717) is 49.5 Å². The lowest BCUT2D eigenvalue weighted by molar-refractivity contribution is -0.189. The number of hydrogen-bond acceptors (Lipinski definition) is 9. The number of aromatic nitrogens is 1. The highest BCUT2D eigenvalue weighted by atomic mass is 16.5. The van der Waals surface area contributed by atoms with Gasteiger partial charge in [-0.1, -0.05) is 50.5 Å². The van der Waals surface area contributed by atoms with Crippen LogP contribution in [0.15, 0.2) is 58.9 Å². The number of esters is 1. The van der Waals surface area contributed by atoms with Crippen molar-refractivity contribution < 1.29 is 39.9 Å². The van der Waals surface area contributed by atoms with Gasteiger partial charge in [0.25, 0.3) is 0 Å². The van der Waals surface area contributed by atoms with Crippen LogP contribution in [0.5, 0.6) is 0 Å². The number of guanidine groups is 1. The van der Waals surface area contributed by atoms with Gasteiger partial charge in [0.1, 0.15) is 0 Å². The van der Waals surface area contributed by atoms with E-state index >= 15 is 0 Å². The number of nitrogens with one attached hydrogen (secondary N) is 1. The highest BCUT2D eigenvalue weighted by Gasteiger charge is 2.73. The number of carbonyl (C=O) groups excluding carboxylic acids is 2. The number of cyclic esters (lactones) is 1. The summed E-state index contributed by atoms with van der Waals surface area (Å²) in [7, 11) is 0. The fraction of sp³-hybridized carbons (Fsp3) is 0.717. The van der Waals surface area contributed by atoms with Crippen LogP contribution in [-0.2, 0) is 14.3 Å². The van der Waals surface area contributed by atoms with Gasteiger partial charge in [0, 0.05) is 54.4 Å². The SMILES string of the molecule is C[C@H]1CCC2=C[C@H]3C=C[C@H]4[C@@H]([C@@H]5COC(=O)[C@@H]5c5cc[nH]c5)C#CC[C@@H]5C[C@@]6(O)C7=CC(=O)[C@@H]8C[C@@H](O)[C@@H](O)C[C@]8(C)[C@H]7CC[C@]6(CCN=C(N)N)[C@H]5[C@@](C)(O)[C@H](O)C[C@@H](C)[C@H]3[C@@H]4[C@@H]2C1. The third-order valence-corrected chi connectivity index (χ3v) is 19.8. The maximum atomic E-state index is 14.3. The molecule has 4 bridgehead atoms. The van der Waals surface area contributed by atoms with Crippen molar-refractivity contribution in [2.24, 2.45) is 104 Å². The number of nitrogens with zero attached hydrogens (tertiary/aromatic N) is 1. The minimum atomic E-state index is -1.70. The molecule has 9 aliphatic rings. The van der Waals surface area contributed by atoms with Crippen LogP contribution in [0.3, 0.4) is 0 Å². The highest BCUT2D eigenvalue weighted by molar-refractivity contribution is 5.95. The van der Waals surface area contributed by atoms with Crippen LogP contribution in [0, 0.1) is 99.6 Å². The summed E-state index contributed by atoms with van der Waals surface area (Å²) >= 11 is 0. The molecule has 65 heavy (non-hydrogen) atoms. The van der Waals surface area contributed by atoms with Gasteiger partial charge in [0.2, 0.25) is 0 Å². The molecule has 2 heterocycles. The van der Waals surface area contributed by atoms with Gasteiger partial charge in [-0.2, -0.15) is 0 Å². The van der Waals surface area contributed by atoms with Gasteiger partial charge in [-0.25, -0.2) is 0 Å². The number of ether oxygens (including phenoxy) is 1. The van der Waals surface area contributed by atoms with Gasteiger partial charge in [-0.15, -0.1) is 5.92 Å². The molecule has 4 saturated carbocycles. The number of ketones is 1. The molecule has 12 nitrogen and oxygen atoms in total. The number of carbonyl (C=O) groups is 2. The lowest BCUT2D eigenvalue weighted by Crippen LogP contribution is -2.64. The molecule has 5 fully saturated rings. The largest absolute Gasteiger partial charge is 0.465 e. The molecule has 0 unspecified atom stereocenters. The molecule has 1 aromatic heterocycles. The summed E-state index contributed by atoms with van der Waals surface area (Å²) in [6, 6.07) is 1.96. The van der Waals surface area contributed by atoms with Crippen LogP contribution in [-0.4, -0.2) is 90.9 Å². The molecule has 1 aromatic rings. The van der Waals surface area contributed by atoms with Crippen LogP contribution < -0.4 is 11.5 Å². The molecule has 352 valence electrons. The fourth-order valence-electron chi connectivity index (χ4n) is 17.0. The minimum Gasteiger partial charge on any atom is -0.465 e. The third-order valence-electron chi connectivity index (χ3n) is 19.8. The maximum absolute atomic E-state index is 14.3. The second-order valence-corrected chi connectivity index (χ2v) is 23.1. The van der Waals surface area contributed by atoms with Crippen molar-refractivity contribution in [1.82, 2.24) is 4.98 Å². The molecular weight excluding hydrogens is 821 g/mol. The average molecular weight is 893 g/mol. The van der Waals surface area contributed by atoms with Gasteiger partial charge in [0.05, 0.1) is 42.0 Å². The molecular formula is C53H72N4O8. The molecule has 0 radical (unpaired) electrons. The van der Waals surface area contributed by atoms with Gasteiger partial charge >= 0.3 is 5.97 Å². The monoisotopic (exact) mass is 893 g/mol. The Balaban J connectivity index is 1.12. The molecule has 10 N–H and O–H groups in total. The van der Waals surface area contributed by atoms with Gasteiger partial charge in [-0.05, 0) is 153 Å². The topological polar surface area (TPSA) is 225 Å². The zero-order valence-corrected chi connectivity index (χ0v) is 38.6. The number of aliphatic imine (C=N–C) groups is 1. The standard InChI is InChI=1S/C53H72N4O8/c1-27-8-9-29-20-30-10-11-34-33(36-26-65-48(62)45(36)32-13-16-56-25-32)7-5-6-31-23-53(64)38-21-40(58)39-22-41(59)42(60)24-50(39,3)37(38)12-14-52(53,15-17-57-49(54)55)47(31)51(4,63)43(61)19-28(2)44(30)46(34)35(29)18-27/h10-11,13,16,20-21,25,27-28,30-31,33-37,39,41-47,56,59-61,63-64H,6,8-9,12,14-15,17-19,22-24,26H2,1-4H3,(H4,54,55,57)/t27-,28+,30+,31+,33-,34-,35+,36-,37-,39-,41+,42-,43+,44+,45+,46-,47+,50+,51-,52-,53+/m0/s1. The second-order valence-electron chi connectivity index (χ2n) is 23.1. The Hall–Kier alpha value is -3.73. The number of rotatable bonds is 5. The Morgan fingerprint density at radius 3 is 2.55 bits per heavy atom. The number of hydrogen-bond donors (Lipinski definition) is 8. The van der Waals surface area contributed by atoms with Crippen LogP contribution in [0.1, 0.15) is 110 Å². The maximum Gasteiger partial charge on any atom is 0.313 e. The second kappa shape index (κ2) is 16.2. The summed E-state index contributed by atoms with van der Waals surface area (Å²) in [6.45, 7) is 8.81. The predicted molar refractivity (Wildman–Crippen MR) is 245 cm³/mol. The normalized spacial score (nSPS) is 49.9. The van der Waals surface area contributed by atoms with E-state index < -0.39 is 64.0 Å². The quantitative estimate of drug-likeness (QED) is 0.0655. The van der Waals surface area contributed by atoms with Crippen LogP contribution in [0.2, 0.25) is 0 Å². The van der Waals surface area contributed by atoms with E-state index in [4.69, 9.17) is 16.2 Å². The molecule has 1 saturated heterocycles. The first-order valence-electron chi connectivity index (χ1n) is 24.9. The van der Waals surface area contributed by atoms with Gasteiger partial charge in [-0.3, -0.25) is 14.6 Å². The summed E-state index contributed by atoms with van der Waals surface area (Å²) < 4.78 is 5.96. The molecule has 0 spiro atoms. The first-order valence-corrected chi connectivity index (χ1v) is 24.9. The Morgan fingerprint density at radius 2 is 1.80 bits per heavy atom. The number of nitrogens with two attached hydrogens (primary N) is 2. The number of aromatic amines is 1.